The summed E-state index contributed by atoms with van der Waals surface area (Å²) in [5, 5.41) is 2.34. The van der Waals surface area contributed by atoms with Crippen LogP contribution in [0.1, 0.15) is 31.1 Å². The molecular weight excluding hydrogens is 284 g/mol. The van der Waals surface area contributed by atoms with Gasteiger partial charge in [-0.3, -0.25) is 5.43 Å². The van der Waals surface area contributed by atoms with Gasteiger partial charge in [0.05, 0.1) is 18.8 Å². The lowest BCUT2D eigenvalue weighted by Gasteiger charge is -2.41. The lowest BCUT2D eigenvalue weighted by Crippen LogP contribution is -2.55. The van der Waals surface area contributed by atoms with Crippen LogP contribution in [0.25, 0.3) is 0 Å². The van der Waals surface area contributed by atoms with Gasteiger partial charge in [0.15, 0.2) is 0 Å². The van der Waals surface area contributed by atoms with Gasteiger partial charge in [0.1, 0.15) is 0 Å². The molecule has 0 aromatic heterocycles. The van der Waals surface area contributed by atoms with Crippen molar-refractivity contribution in [3.05, 3.63) is 71.8 Å². The Morgan fingerprint density at radius 3 is 2.43 bits per heavy atom. The summed E-state index contributed by atoms with van der Waals surface area (Å²) in [6.45, 7) is 6.16. The molecule has 2 aromatic carbocycles. The Morgan fingerprint density at radius 2 is 1.74 bits per heavy atom. The normalized spacial score (nSPS) is 23.6. The lowest BCUT2D eigenvalue weighted by molar-refractivity contribution is -0.0913. The van der Waals surface area contributed by atoms with Gasteiger partial charge in [-0.1, -0.05) is 60.7 Å². The first-order chi connectivity index (χ1) is 11.2. The molecule has 1 saturated heterocycles. The molecule has 0 bridgehead atoms. The van der Waals surface area contributed by atoms with Gasteiger partial charge >= 0.3 is 0 Å². The molecule has 0 radical (unpaired) electrons. The summed E-state index contributed by atoms with van der Waals surface area (Å²) in [5.74, 6) is 0. The van der Waals surface area contributed by atoms with E-state index in [1.807, 2.05) is 0 Å². The zero-order chi connectivity index (χ0) is 16.1. The predicted molar refractivity (Wildman–Crippen MR) is 94.0 cm³/mol. The van der Waals surface area contributed by atoms with Crippen molar-refractivity contribution in [3.8, 4) is 0 Å². The second-order valence-corrected chi connectivity index (χ2v) is 6.36. The summed E-state index contributed by atoms with van der Waals surface area (Å²) in [7, 11) is 0. The van der Waals surface area contributed by atoms with E-state index in [1.54, 1.807) is 0 Å². The molecule has 2 aromatic rings. The standard InChI is InChI=1S/C20H26N2O/c1-16(15-18-9-5-3-6-10-18)21-22-13-14-23-20(17(22)2)19-11-7-4-8-12-19/h3-12,16-17,20-21H,13-15H2,1-2H3/t16-,17-,20+/m0/s1. The van der Waals surface area contributed by atoms with Crippen molar-refractivity contribution in [1.29, 1.82) is 0 Å². The summed E-state index contributed by atoms with van der Waals surface area (Å²) in [6.07, 6.45) is 1.15. The Kier molecular flexibility index (Phi) is 5.44. The number of ether oxygens (including phenoxy) is 1. The molecule has 122 valence electrons. The van der Waals surface area contributed by atoms with Crippen LogP contribution in [0.3, 0.4) is 0 Å². The summed E-state index contributed by atoms with van der Waals surface area (Å²) < 4.78 is 6.02. The maximum absolute atomic E-state index is 6.02. The first-order valence-corrected chi connectivity index (χ1v) is 8.47. The lowest BCUT2D eigenvalue weighted by atomic mass is 10.0. The van der Waals surface area contributed by atoms with Crippen LogP contribution in [-0.4, -0.2) is 30.2 Å². The fourth-order valence-corrected chi connectivity index (χ4v) is 3.28. The second kappa shape index (κ2) is 7.73. The smallest absolute Gasteiger partial charge is 0.0991 e. The van der Waals surface area contributed by atoms with Crippen molar-refractivity contribution in [1.82, 2.24) is 10.4 Å². The highest BCUT2D eigenvalue weighted by Gasteiger charge is 2.30. The van der Waals surface area contributed by atoms with E-state index in [0.29, 0.717) is 12.1 Å². The molecule has 1 aliphatic heterocycles. The maximum atomic E-state index is 6.02. The minimum Gasteiger partial charge on any atom is -0.370 e. The van der Waals surface area contributed by atoms with Crippen LogP contribution in [0.5, 0.6) is 0 Å². The van der Waals surface area contributed by atoms with E-state index in [0.717, 1.165) is 19.6 Å². The first-order valence-electron chi connectivity index (χ1n) is 8.47. The molecule has 1 N–H and O–H groups in total. The van der Waals surface area contributed by atoms with E-state index in [9.17, 15) is 0 Å². The highest BCUT2D eigenvalue weighted by Crippen LogP contribution is 2.27. The van der Waals surface area contributed by atoms with Gasteiger partial charge < -0.3 is 4.74 Å². The van der Waals surface area contributed by atoms with Crippen molar-refractivity contribution in [2.75, 3.05) is 13.2 Å². The summed E-state index contributed by atoms with van der Waals surface area (Å²) >= 11 is 0. The molecule has 1 heterocycles. The SMILES string of the molecule is C[C@@H](Cc1ccccc1)NN1CCO[C@@H](c2ccccc2)[C@@H]1C. The largest absolute Gasteiger partial charge is 0.370 e. The topological polar surface area (TPSA) is 24.5 Å². The van der Waals surface area contributed by atoms with Crippen molar-refractivity contribution >= 4 is 0 Å². The zero-order valence-electron chi connectivity index (χ0n) is 14.0. The number of hydrogen-bond acceptors (Lipinski definition) is 3. The maximum Gasteiger partial charge on any atom is 0.0991 e. The van der Waals surface area contributed by atoms with Gasteiger partial charge in [0.25, 0.3) is 0 Å². The van der Waals surface area contributed by atoms with E-state index in [1.165, 1.54) is 11.1 Å². The highest BCUT2D eigenvalue weighted by molar-refractivity contribution is 5.19. The van der Waals surface area contributed by atoms with Crippen LogP contribution in [0.15, 0.2) is 60.7 Å². The van der Waals surface area contributed by atoms with E-state index >= 15 is 0 Å². The molecule has 23 heavy (non-hydrogen) atoms. The third-order valence-corrected chi connectivity index (χ3v) is 4.46. The van der Waals surface area contributed by atoms with Crippen LogP contribution in [0.2, 0.25) is 0 Å². The summed E-state index contributed by atoms with van der Waals surface area (Å²) in [6, 6.07) is 21.9. The molecule has 0 saturated carbocycles. The summed E-state index contributed by atoms with van der Waals surface area (Å²) in [5.41, 5.74) is 6.29. The van der Waals surface area contributed by atoms with Gasteiger partial charge in [-0.05, 0) is 31.4 Å². The minimum atomic E-state index is 0.126. The fraction of sp³-hybridized carbons (Fsp3) is 0.400. The van der Waals surface area contributed by atoms with Gasteiger partial charge in [0, 0.05) is 12.6 Å². The zero-order valence-corrected chi connectivity index (χ0v) is 14.0. The molecule has 3 heteroatoms. The van der Waals surface area contributed by atoms with Crippen molar-refractivity contribution in [3.63, 3.8) is 0 Å². The van der Waals surface area contributed by atoms with E-state index in [-0.39, 0.29) is 6.10 Å². The molecule has 1 fully saturated rings. The number of rotatable bonds is 5. The van der Waals surface area contributed by atoms with Crippen molar-refractivity contribution in [2.24, 2.45) is 0 Å². The average Bonchev–Trinajstić information content (AvgIpc) is 2.58. The molecule has 0 aliphatic carbocycles. The Bertz CT molecular complexity index is 587. The quantitative estimate of drug-likeness (QED) is 0.913. The number of hydrazine groups is 1. The molecule has 0 amide bonds. The second-order valence-electron chi connectivity index (χ2n) is 6.36. The van der Waals surface area contributed by atoms with Gasteiger partial charge in [-0.15, -0.1) is 0 Å². The van der Waals surface area contributed by atoms with Crippen LogP contribution in [0, 0.1) is 0 Å². The Hall–Kier alpha value is -1.68. The third-order valence-electron chi connectivity index (χ3n) is 4.46. The van der Waals surface area contributed by atoms with Crippen molar-refractivity contribution in [2.45, 2.75) is 38.5 Å². The Morgan fingerprint density at radius 1 is 1.09 bits per heavy atom. The van der Waals surface area contributed by atoms with E-state index in [2.05, 4.69) is 84.9 Å². The van der Waals surface area contributed by atoms with Crippen LogP contribution in [0.4, 0.5) is 0 Å². The molecule has 1 aliphatic rings. The van der Waals surface area contributed by atoms with Gasteiger partial charge in [-0.25, -0.2) is 5.01 Å². The Balaban J connectivity index is 1.61. The molecule has 3 nitrogen and oxygen atoms in total. The number of hydrogen-bond donors (Lipinski definition) is 1. The molecular formula is C20H26N2O. The van der Waals surface area contributed by atoms with Crippen molar-refractivity contribution < 1.29 is 4.74 Å². The summed E-state index contributed by atoms with van der Waals surface area (Å²) in [4.78, 5) is 0. The molecule has 3 rings (SSSR count). The highest BCUT2D eigenvalue weighted by atomic mass is 16.5. The predicted octanol–water partition coefficient (Wildman–Crippen LogP) is 3.58. The molecule has 0 unspecified atom stereocenters. The number of nitrogens with zero attached hydrogens (tertiary/aromatic N) is 1. The molecule has 3 atom stereocenters. The number of nitrogens with one attached hydrogen (secondary N) is 1. The minimum absolute atomic E-state index is 0.126. The Labute approximate surface area is 139 Å². The first kappa shape index (κ1) is 16.2. The van der Waals surface area contributed by atoms with Crippen LogP contribution in [-0.2, 0) is 11.2 Å². The van der Waals surface area contributed by atoms with E-state index < -0.39 is 0 Å². The third kappa shape index (κ3) is 4.20. The van der Waals surface area contributed by atoms with E-state index in [4.69, 9.17) is 4.74 Å². The number of morpholine rings is 1. The number of benzene rings is 2. The monoisotopic (exact) mass is 310 g/mol. The average molecular weight is 310 g/mol. The van der Waals surface area contributed by atoms with Crippen LogP contribution >= 0.6 is 0 Å². The molecule has 0 spiro atoms. The van der Waals surface area contributed by atoms with Gasteiger partial charge in [-0.2, -0.15) is 0 Å². The van der Waals surface area contributed by atoms with Gasteiger partial charge in [0.2, 0.25) is 0 Å². The fourth-order valence-electron chi connectivity index (χ4n) is 3.28. The van der Waals surface area contributed by atoms with Crippen LogP contribution < -0.4 is 5.43 Å².